The van der Waals surface area contributed by atoms with Crippen molar-refractivity contribution in [1.29, 1.82) is 0 Å². The fourth-order valence-corrected chi connectivity index (χ4v) is 3.51. The van der Waals surface area contributed by atoms with Crippen molar-refractivity contribution in [2.45, 2.75) is 19.1 Å². The zero-order valence-electron chi connectivity index (χ0n) is 16.2. The summed E-state index contributed by atoms with van der Waals surface area (Å²) in [5, 5.41) is 2.95. The van der Waals surface area contributed by atoms with Gasteiger partial charge in [-0.2, -0.15) is 0 Å². The van der Waals surface area contributed by atoms with Gasteiger partial charge in [0, 0.05) is 45.9 Å². The van der Waals surface area contributed by atoms with E-state index in [-0.39, 0.29) is 5.91 Å². The lowest BCUT2D eigenvalue weighted by atomic mass is 10.0. The minimum Gasteiger partial charge on any atom is -0.453 e. The van der Waals surface area contributed by atoms with Gasteiger partial charge in [0.1, 0.15) is 12.4 Å². The Morgan fingerprint density at radius 1 is 1.22 bits per heavy atom. The number of ether oxygens (including phenoxy) is 1. The third-order valence-electron chi connectivity index (χ3n) is 4.96. The van der Waals surface area contributed by atoms with Gasteiger partial charge in [0.2, 0.25) is 0 Å². The molecule has 1 aromatic carbocycles. The number of furan rings is 1. The third kappa shape index (κ3) is 5.42. The van der Waals surface area contributed by atoms with Crippen LogP contribution in [0.5, 0.6) is 0 Å². The topological polar surface area (TPSA) is 58.0 Å². The number of likely N-dealkylation sites (N-methyl/N-ethyl adjacent to an activating group) is 1. The molecule has 1 amide bonds. The lowest BCUT2D eigenvalue weighted by Gasteiger charge is -2.40. The van der Waals surface area contributed by atoms with E-state index in [1.165, 1.54) is 5.56 Å². The summed E-state index contributed by atoms with van der Waals surface area (Å²) in [7, 11) is 3.78. The fourth-order valence-electron chi connectivity index (χ4n) is 3.51. The maximum Gasteiger partial charge on any atom is 0.286 e. The highest BCUT2D eigenvalue weighted by atomic mass is 16.5. The summed E-state index contributed by atoms with van der Waals surface area (Å²) in [5.74, 6) is 0.824. The van der Waals surface area contributed by atoms with Gasteiger partial charge in [0.25, 0.3) is 5.91 Å². The van der Waals surface area contributed by atoms with Crippen molar-refractivity contribution in [2.24, 2.45) is 0 Å². The smallest absolute Gasteiger partial charge is 0.286 e. The van der Waals surface area contributed by atoms with E-state index in [4.69, 9.17) is 9.15 Å². The van der Waals surface area contributed by atoms with Crippen LogP contribution in [0.1, 0.15) is 34.3 Å². The van der Waals surface area contributed by atoms with Crippen LogP contribution in [0.15, 0.2) is 46.9 Å². The Bertz CT molecular complexity index is 716. The first-order chi connectivity index (χ1) is 13.2. The predicted octanol–water partition coefficient (Wildman–Crippen LogP) is 2.53. The first kappa shape index (κ1) is 19.6. The highest BCUT2D eigenvalue weighted by Gasteiger charge is 2.26. The first-order valence-electron chi connectivity index (χ1n) is 9.51. The van der Waals surface area contributed by atoms with Gasteiger partial charge >= 0.3 is 0 Å². The molecule has 1 saturated heterocycles. The molecule has 146 valence electrons. The molecular weight excluding hydrogens is 342 g/mol. The molecule has 1 fully saturated rings. The third-order valence-corrected chi connectivity index (χ3v) is 4.96. The standard InChI is InChI=1S/C21H29N3O3/c1-23-13-14-24(19(15-23)17-7-4-3-5-8-17)12-6-11-22-21(25)20-10-9-18(27-20)16-26-2/h3-5,7-10,19H,6,11-16H2,1-2H3,(H,22,25). The highest BCUT2D eigenvalue weighted by molar-refractivity contribution is 5.91. The monoisotopic (exact) mass is 371 g/mol. The van der Waals surface area contributed by atoms with E-state index in [0.29, 0.717) is 30.7 Å². The molecule has 27 heavy (non-hydrogen) atoms. The number of methoxy groups -OCH3 is 1. The largest absolute Gasteiger partial charge is 0.453 e. The summed E-state index contributed by atoms with van der Waals surface area (Å²) in [4.78, 5) is 17.1. The van der Waals surface area contributed by atoms with Crippen molar-refractivity contribution >= 4 is 5.91 Å². The Labute approximate surface area is 161 Å². The molecule has 6 nitrogen and oxygen atoms in total. The maximum atomic E-state index is 12.2. The van der Waals surface area contributed by atoms with Crippen molar-refractivity contribution in [3.63, 3.8) is 0 Å². The second-order valence-corrected chi connectivity index (χ2v) is 7.03. The van der Waals surface area contributed by atoms with Crippen LogP contribution in [0.25, 0.3) is 0 Å². The summed E-state index contributed by atoms with van der Waals surface area (Å²) in [6.07, 6.45) is 0.907. The van der Waals surface area contributed by atoms with Crippen molar-refractivity contribution in [2.75, 3.05) is 46.9 Å². The molecule has 2 aromatic rings. The zero-order chi connectivity index (χ0) is 19.1. The molecule has 1 N–H and O–H groups in total. The van der Waals surface area contributed by atoms with Crippen molar-refractivity contribution in [3.05, 3.63) is 59.5 Å². The number of rotatable bonds is 8. The normalized spacial score (nSPS) is 18.5. The summed E-state index contributed by atoms with van der Waals surface area (Å²) in [6.45, 7) is 5.11. The van der Waals surface area contributed by atoms with Gasteiger partial charge in [0.05, 0.1) is 0 Å². The van der Waals surface area contributed by atoms with E-state index in [0.717, 1.165) is 32.6 Å². The van der Waals surface area contributed by atoms with Gasteiger partial charge in [0.15, 0.2) is 5.76 Å². The van der Waals surface area contributed by atoms with Crippen LogP contribution in [-0.4, -0.2) is 62.6 Å². The van der Waals surface area contributed by atoms with Crippen LogP contribution in [0, 0.1) is 0 Å². The molecule has 0 saturated carbocycles. The molecule has 2 heterocycles. The summed E-state index contributed by atoms with van der Waals surface area (Å²) in [6, 6.07) is 14.5. The van der Waals surface area contributed by atoms with Gasteiger partial charge in [-0.1, -0.05) is 30.3 Å². The van der Waals surface area contributed by atoms with Crippen LogP contribution in [0.2, 0.25) is 0 Å². The predicted molar refractivity (Wildman–Crippen MR) is 105 cm³/mol. The van der Waals surface area contributed by atoms with Gasteiger partial charge < -0.3 is 19.4 Å². The van der Waals surface area contributed by atoms with E-state index in [1.54, 1.807) is 19.2 Å². The molecule has 0 bridgehead atoms. The van der Waals surface area contributed by atoms with E-state index in [9.17, 15) is 4.79 Å². The minimum absolute atomic E-state index is 0.171. The van der Waals surface area contributed by atoms with Crippen molar-refractivity contribution < 1.29 is 13.9 Å². The lowest BCUT2D eigenvalue weighted by molar-refractivity contribution is 0.0854. The summed E-state index contributed by atoms with van der Waals surface area (Å²) >= 11 is 0. The van der Waals surface area contributed by atoms with Gasteiger partial charge in [-0.3, -0.25) is 9.69 Å². The average molecular weight is 371 g/mol. The molecule has 1 aliphatic heterocycles. The van der Waals surface area contributed by atoms with Crippen molar-refractivity contribution in [1.82, 2.24) is 15.1 Å². The SMILES string of the molecule is COCc1ccc(C(=O)NCCCN2CCN(C)CC2c2ccccc2)o1. The average Bonchev–Trinajstić information content (AvgIpc) is 3.16. The van der Waals surface area contributed by atoms with Gasteiger partial charge in [-0.05, 0) is 31.2 Å². The molecule has 0 aliphatic carbocycles. The Morgan fingerprint density at radius 3 is 2.81 bits per heavy atom. The van der Waals surface area contributed by atoms with Crippen LogP contribution in [0.3, 0.4) is 0 Å². The Hall–Kier alpha value is -2.15. The lowest BCUT2D eigenvalue weighted by Crippen LogP contribution is -2.47. The van der Waals surface area contributed by atoms with E-state index < -0.39 is 0 Å². The van der Waals surface area contributed by atoms with Crippen LogP contribution in [-0.2, 0) is 11.3 Å². The molecule has 0 spiro atoms. The second kappa shape index (κ2) is 9.69. The second-order valence-electron chi connectivity index (χ2n) is 7.03. The van der Waals surface area contributed by atoms with E-state index in [1.807, 2.05) is 0 Å². The number of hydrogen-bond acceptors (Lipinski definition) is 5. The molecule has 1 unspecified atom stereocenters. The molecule has 3 rings (SSSR count). The molecule has 6 heteroatoms. The van der Waals surface area contributed by atoms with E-state index >= 15 is 0 Å². The molecule has 1 aromatic heterocycles. The van der Waals surface area contributed by atoms with Gasteiger partial charge in [-0.25, -0.2) is 0 Å². The Morgan fingerprint density at radius 2 is 2.04 bits per heavy atom. The Balaban J connectivity index is 1.47. The number of hydrogen-bond donors (Lipinski definition) is 1. The minimum atomic E-state index is -0.171. The number of nitrogens with zero attached hydrogens (tertiary/aromatic N) is 2. The summed E-state index contributed by atoms with van der Waals surface area (Å²) in [5.41, 5.74) is 1.36. The number of carbonyl (C=O) groups excluding carboxylic acids is 1. The maximum absolute atomic E-state index is 12.2. The fraction of sp³-hybridized carbons (Fsp3) is 0.476. The Kier molecular flexibility index (Phi) is 7.04. The number of amides is 1. The van der Waals surface area contributed by atoms with Crippen LogP contribution < -0.4 is 5.32 Å². The van der Waals surface area contributed by atoms with E-state index in [2.05, 4.69) is 52.5 Å². The summed E-state index contributed by atoms with van der Waals surface area (Å²) < 4.78 is 10.5. The number of benzene rings is 1. The van der Waals surface area contributed by atoms with Crippen molar-refractivity contribution in [3.8, 4) is 0 Å². The molecule has 1 atom stereocenters. The first-order valence-corrected chi connectivity index (χ1v) is 9.51. The highest BCUT2D eigenvalue weighted by Crippen LogP contribution is 2.24. The van der Waals surface area contributed by atoms with Crippen LogP contribution >= 0.6 is 0 Å². The quantitative estimate of drug-likeness (QED) is 0.723. The number of piperazine rings is 1. The molecule has 0 radical (unpaired) electrons. The number of nitrogens with one attached hydrogen (secondary N) is 1. The van der Waals surface area contributed by atoms with Gasteiger partial charge in [-0.15, -0.1) is 0 Å². The molecular formula is C21H29N3O3. The molecule has 1 aliphatic rings. The van der Waals surface area contributed by atoms with Crippen LogP contribution in [0.4, 0.5) is 0 Å². The number of carbonyl (C=O) groups is 1. The zero-order valence-corrected chi connectivity index (χ0v) is 16.2.